The summed E-state index contributed by atoms with van der Waals surface area (Å²) in [6.45, 7) is 4.64. The third-order valence-corrected chi connectivity index (χ3v) is 6.23. The van der Waals surface area contributed by atoms with Gasteiger partial charge in [0.15, 0.2) is 0 Å². The number of thiophene rings is 1. The van der Waals surface area contributed by atoms with Crippen molar-refractivity contribution in [3.63, 3.8) is 0 Å². The summed E-state index contributed by atoms with van der Waals surface area (Å²) in [6, 6.07) is 7.38. The van der Waals surface area contributed by atoms with Crippen molar-refractivity contribution in [2.75, 3.05) is 22.6 Å². The van der Waals surface area contributed by atoms with Crippen molar-refractivity contribution in [3.05, 3.63) is 40.3 Å². The first-order chi connectivity index (χ1) is 13.0. The van der Waals surface area contributed by atoms with E-state index in [1.807, 2.05) is 31.2 Å². The van der Waals surface area contributed by atoms with Crippen molar-refractivity contribution in [3.8, 4) is 5.75 Å². The molecule has 0 saturated heterocycles. The van der Waals surface area contributed by atoms with E-state index in [-0.39, 0.29) is 17.1 Å². The lowest BCUT2D eigenvalue weighted by Gasteiger charge is -2.19. The van der Waals surface area contributed by atoms with Crippen LogP contribution in [0.3, 0.4) is 0 Å². The highest BCUT2D eigenvalue weighted by molar-refractivity contribution is 9.09. The van der Waals surface area contributed by atoms with E-state index in [1.165, 1.54) is 16.2 Å². The molecule has 3 rings (SSSR count). The minimum atomic E-state index is -0.209. The molecule has 0 bridgehead atoms. The van der Waals surface area contributed by atoms with Gasteiger partial charge in [0, 0.05) is 4.88 Å². The molecule has 0 aliphatic heterocycles. The average Bonchev–Trinajstić information content (AvgIpc) is 3.00. The molecule has 0 radical (unpaired) electrons. The Morgan fingerprint density at radius 1 is 1.30 bits per heavy atom. The highest BCUT2D eigenvalue weighted by Crippen LogP contribution is 2.40. The number of hydrogen-bond acceptors (Lipinski definition) is 4. The predicted octanol–water partition coefficient (Wildman–Crippen LogP) is 4.86. The van der Waals surface area contributed by atoms with Crippen LogP contribution in [0.15, 0.2) is 24.3 Å². The minimum absolute atomic E-state index is 0.162. The first kappa shape index (κ1) is 19.9. The number of ether oxygens (including phenoxy) is 1. The van der Waals surface area contributed by atoms with E-state index in [2.05, 4.69) is 33.5 Å². The van der Waals surface area contributed by atoms with Gasteiger partial charge in [-0.05, 0) is 49.8 Å². The number of nitrogens with one attached hydrogen (secondary N) is 2. The molecule has 144 valence electrons. The van der Waals surface area contributed by atoms with Crippen LogP contribution in [0.1, 0.15) is 41.1 Å². The fourth-order valence-corrected chi connectivity index (χ4v) is 4.84. The summed E-state index contributed by atoms with van der Waals surface area (Å²) in [6.07, 6.45) is 2.85. The number of alkyl halides is 1. The predicted molar refractivity (Wildman–Crippen MR) is 113 cm³/mol. The largest absolute Gasteiger partial charge is 0.492 e. The van der Waals surface area contributed by atoms with Crippen LogP contribution >= 0.6 is 27.3 Å². The monoisotopic (exact) mass is 450 g/mol. The standard InChI is InChI=1S/C20H23BrN2O3S/c1-3-26-15-7-5-4-6-14(15)22-19(25)18-13-9-8-12(2)10-16(13)27-20(18)23-17(24)11-21/h4-7,12H,3,8-11H2,1-2H3,(H,22,25)(H,23,24)/t12-/m1/s1. The number of halogens is 1. The normalized spacial score (nSPS) is 15.7. The number of rotatable bonds is 6. The maximum absolute atomic E-state index is 13.2. The Hall–Kier alpha value is -1.86. The fourth-order valence-electron chi connectivity index (χ4n) is 3.28. The molecular formula is C20H23BrN2O3S. The van der Waals surface area contributed by atoms with Gasteiger partial charge in [0.2, 0.25) is 5.91 Å². The summed E-state index contributed by atoms with van der Waals surface area (Å²) in [5.74, 6) is 0.854. The molecule has 1 atom stereocenters. The SMILES string of the molecule is CCOc1ccccc1NC(=O)c1c(NC(=O)CBr)sc2c1CC[C@@H](C)C2. The second-order valence-electron chi connectivity index (χ2n) is 6.62. The van der Waals surface area contributed by atoms with E-state index in [0.29, 0.717) is 34.5 Å². The summed E-state index contributed by atoms with van der Waals surface area (Å²) in [7, 11) is 0. The zero-order valence-electron chi connectivity index (χ0n) is 15.4. The number of fused-ring (bicyclic) bond motifs is 1. The highest BCUT2D eigenvalue weighted by atomic mass is 79.9. The van der Waals surface area contributed by atoms with Crippen molar-refractivity contribution < 1.29 is 14.3 Å². The Kier molecular flexibility index (Phi) is 6.55. The van der Waals surface area contributed by atoms with Crippen LogP contribution in [0.4, 0.5) is 10.7 Å². The second-order valence-corrected chi connectivity index (χ2v) is 8.29. The lowest BCUT2D eigenvalue weighted by atomic mass is 9.88. The Morgan fingerprint density at radius 3 is 2.81 bits per heavy atom. The van der Waals surface area contributed by atoms with Crippen LogP contribution in [0, 0.1) is 5.92 Å². The second kappa shape index (κ2) is 8.89. The summed E-state index contributed by atoms with van der Waals surface area (Å²) in [4.78, 5) is 26.3. The van der Waals surface area contributed by atoms with E-state index in [9.17, 15) is 9.59 Å². The van der Waals surface area contributed by atoms with E-state index in [0.717, 1.165) is 24.8 Å². The molecule has 7 heteroatoms. The third-order valence-electron chi connectivity index (χ3n) is 4.55. The number of anilines is 2. The van der Waals surface area contributed by atoms with Crippen molar-refractivity contribution >= 4 is 49.8 Å². The van der Waals surface area contributed by atoms with Crippen LogP contribution in [0.25, 0.3) is 0 Å². The molecule has 1 heterocycles. The Labute approximate surface area is 171 Å². The highest BCUT2D eigenvalue weighted by Gasteiger charge is 2.28. The third kappa shape index (κ3) is 4.52. The Morgan fingerprint density at radius 2 is 2.07 bits per heavy atom. The molecule has 5 nitrogen and oxygen atoms in total. The molecule has 0 spiro atoms. The first-order valence-electron chi connectivity index (χ1n) is 9.07. The number of benzene rings is 1. The molecule has 1 aliphatic rings. The lowest BCUT2D eigenvalue weighted by molar-refractivity contribution is -0.113. The summed E-state index contributed by atoms with van der Waals surface area (Å²) >= 11 is 4.69. The summed E-state index contributed by atoms with van der Waals surface area (Å²) in [5, 5.41) is 6.67. The lowest BCUT2D eigenvalue weighted by Crippen LogP contribution is -2.20. The molecule has 2 aromatic rings. The summed E-state index contributed by atoms with van der Waals surface area (Å²) < 4.78 is 5.61. The summed E-state index contributed by atoms with van der Waals surface area (Å²) in [5.41, 5.74) is 2.28. The van der Waals surface area contributed by atoms with Crippen molar-refractivity contribution in [2.45, 2.75) is 33.1 Å². The molecule has 1 aliphatic carbocycles. The molecule has 0 unspecified atom stereocenters. The van der Waals surface area contributed by atoms with Gasteiger partial charge in [-0.2, -0.15) is 0 Å². The first-order valence-corrected chi connectivity index (χ1v) is 11.0. The van der Waals surface area contributed by atoms with Crippen molar-refractivity contribution in [1.82, 2.24) is 0 Å². The fraction of sp³-hybridized carbons (Fsp3) is 0.400. The number of hydrogen-bond donors (Lipinski definition) is 2. The molecule has 27 heavy (non-hydrogen) atoms. The van der Waals surface area contributed by atoms with E-state index in [4.69, 9.17) is 4.74 Å². The van der Waals surface area contributed by atoms with Crippen molar-refractivity contribution in [1.29, 1.82) is 0 Å². The molecule has 0 saturated carbocycles. The van der Waals surface area contributed by atoms with Gasteiger partial charge in [0.1, 0.15) is 10.8 Å². The maximum Gasteiger partial charge on any atom is 0.259 e. The zero-order chi connectivity index (χ0) is 19.4. The molecule has 2 amide bonds. The van der Waals surface area contributed by atoms with Gasteiger partial charge >= 0.3 is 0 Å². The van der Waals surface area contributed by atoms with Gasteiger partial charge in [-0.25, -0.2) is 0 Å². The van der Waals surface area contributed by atoms with E-state index < -0.39 is 0 Å². The topological polar surface area (TPSA) is 67.4 Å². The molecule has 1 aromatic heterocycles. The van der Waals surface area contributed by atoms with Crippen molar-refractivity contribution in [2.24, 2.45) is 5.92 Å². The van der Waals surface area contributed by atoms with Gasteiger partial charge in [-0.1, -0.05) is 35.0 Å². The molecule has 1 aromatic carbocycles. The number of carbonyl (C=O) groups excluding carboxylic acids is 2. The maximum atomic E-state index is 13.2. The minimum Gasteiger partial charge on any atom is -0.492 e. The van der Waals surface area contributed by atoms with Crippen LogP contribution in [-0.2, 0) is 17.6 Å². The van der Waals surface area contributed by atoms with Gasteiger partial charge < -0.3 is 15.4 Å². The quantitative estimate of drug-likeness (QED) is 0.617. The number of amides is 2. The van der Waals surface area contributed by atoms with Crippen LogP contribution in [0.5, 0.6) is 5.75 Å². The van der Waals surface area contributed by atoms with Gasteiger partial charge in [0.05, 0.1) is 23.2 Å². The molecule has 2 N–H and O–H groups in total. The van der Waals surface area contributed by atoms with Crippen LogP contribution < -0.4 is 15.4 Å². The van der Waals surface area contributed by atoms with Crippen LogP contribution in [0.2, 0.25) is 0 Å². The Bertz CT molecular complexity index is 850. The number of carbonyl (C=O) groups is 2. The van der Waals surface area contributed by atoms with Crippen LogP contribution in [-0.4, -0.2) is 23.8 Å². The van der Waals surface area contributed by atoms with E-state index in [1.54, 1.807) is 0 Å². The van der Waals surface area contributed by atoms with Gasteiger partial charge in [-0.3, -0.25) is 9.59 Å². The molecule has 0 fully saturated rings. The average molecular weight is 451 g/mol. The number of para-hydroxylation sites is 2. The van der Waals surface area contributed by atoms with Gasteiger partial charge in [-0.15, -0.1) is 11.3 Å². The Balaban J connectivity index is 1.94. The zero-order valence-corrected chi connectivity index (χ0v) is 17.8. The molecular weight excluding hydrogens is 428 g/mol. The van der Waals surface area contributed by atoms with E-state index >= 15 is 0 Å². The van der Waals surface area contributed by atoms with Gasteiger partial charge in [0.25, 0.3) is 5.91 Å². The smallest absolute Gasteiger partial charge is 0.259 e.